The summed E-state index contributed by atoms with van der Waals surface area (Å²) in [5.74, 6) is 1.53. The van der Waals surface area contributed by atoms with Crippen LogP contribution in [0.3, 0.4) is 0 Å². The molecule has 1 heterocycles. The number of aromatic nitrogens is 2. The minimum atomic E-state index is 0.450. The van der Waals surface area contributed by atoms with Gasteiger partial charge in [0.25, 0.3) is 0 Å². The Hall–Kier alpha value is -1.12. The van der Waals surface area contributed by atoms with Crippen LogP contribution in [-0.2, 0) is 0 Å². The van der Waals surface area contributed by atoms with Crippen molar-refractivity contribution in [3.63, 3.8) is 0 Å². The van der Waals surface area contributed by atoms with Crippen LogP contribution in [0.5, 0.6) is 0 Å². The minimum absolute atomic E-state index is 0.450. The van der Waals surface area contributed by atoms with Gasteiger partial charge in [0, 0.05) is 18.4 Å². The Morgan fingerprint density at radius 1 is 1.13 bits per heavy atom. The van der Waals surface area contributed by atoms with Gasteiger partial charge < -0.3 is 5.32 Å². The highest BCUT2D eigenvalue weighted by Gasteiger charge is 2.03. The van der Waals surface area contributed by atoms with Gasteiger partial charge in [0.1, 0.15) is 0 Å². The lowest BCUT2D eigenvalue weighted by molar-refractivity contribution is 0.519. The highest BCUT2D eigenvalue weighted by Crippen LogP contribution is 2.10. The van der Waals surface area contributed by atoms with Crippen LogP contribution < -0.4 is 5.32 Å². The van der Waals surface area contributed by atoms with Gasteiger partial charge in [0.15, 0.2) is 0 Å². The lowest BCUT2D eigenvalue weighted by Crippen LogP contribution is -2.16. The highest BCUT2D eigenvalue weighted by molar-refractivity contribution is 5.23. The molecule has 0 saturated carbocycles. The Kier molecular flexibility index (Phi) is 5.08. The van der Waals surface area contributed by atoms with Gasteiger partial charge in [-0.15, -0.1) is 0 Å². The van der Waals surface area contributed by atoms with E-state index in [2.05, 4.69) is 36.1 Å². The van der Waals surface area contributed by atoms with Crippen molar-refractivity contribution in [1.82, 2.24) is 9.97 Å². The first kappa shape index (κ1) is 12.0. The van der Waals surface area contributed by atoms with E-state index >= 15 is 0 Å². The molecule has 3 heteroatoms. The van der Waals surface area contributed by atoms with Gasteiger partial charge in [0.2, 0.25) is 5.95 Å². The fraction of sp³-hybridized carbons (Fsp3) is 0.667. The maximum atomic E-state index is 4.14. The maximum absolute atomic E-state index is 4.14. The van der Waals surface area contributed by atoms with Crippen LogP contribution in [0.4, 0.5) is 5.95 Å². The summed E-state index contributed by atoms with van der Waals surface area (Å²) in [6, 6.07) is 2.28. The van der Waals surface area contributed by atoms with Gasteiger partial charge in [-0.25, -0.2) is 9.97 Å². The molecule has 0 amide bonds. The zero-order valence-electron chi connectivity index (χ0n) is 9.90. The van der Waals surface area contributed by atoms with Crippen LogP contribution in [0.2, 0.25) is 0 Å². The van der Waals surface area contributed by atoms with Crippen molar-refractivity contribution in [2.24, 2.45) is 5.92 Å². The minimum Gasteiger partial charge on any atom is -0.352 e. The van der Waals surface area contributed by atoms with Crippen molar-refractivity contribution in [2.45, 2.75) is 46.1 Å². The molecule has 1 N–H and O–H groups in total. The van der Waals surface area contributed by atoms with Gasteiger partial charge in [-0.3, -0.25) is 0 Å². The molecule has 1 rings (SSSR count). The van der Waals surface area contributed by atoms with Crippen molar-refractivity contribution >= 4 is 5.95 Å². The molecule has 84 valence electrons. The molecular weight excluding hydrogens is 186 g/mol. The molecule has 15 heavy (non-hydrogen) atoms. The second-order valence-corrected chi connectivity index (χ2v) is 4.44. The summed E-state index contributed by atoms with van der Waals surface area (Å²) in [6.45, 7) is 6.70. The summed E-state index contributed by atoms with van der Waals surface area (Å²) in [6.07, 6.45) is 7.25. The SMILES string of the molecule is CC(C)CCCC(C)Nc1ncccn1. The molecule has 0 radical (unpaired) electrons. The molecule has 1 atom stereocenters. The van der Waals surface area contributed by atoms with Gasteiger partial charge in [-0.05, 0) is 25.3 Å². The molecule has 0 bridgehead atoms. The molecule has 0 fully saturated rings. The molecule has 1 unspecified atom stereocenters. The molecule has 0 aromatic carbocycles. The maximum Gasteiger partial charge on any atom is 0.222 e. The monoisotopic (exact) mass is 207 g/mol. The van der Waals surface area contributed by atoms with E-state index < -0.39 is 0 Å². The average Bonchev–Trinajstić information content (AvgIpc) is 2.18. The number of anilines is 1. The van der Waals surface area contributed by atoms with E-state index in [1.807, 2.05) is 6.07 Å². The van der Waals surface area contributed by atoms with E-state index in [4.69, 9.17) is 0 Å². The van der Waals surface area contributed by atoms with E-state index in [0.717, 1.165) is 11.9 Å². The predicted octanol–water partition coefficient (Wildman–Crippen LogP) is 3.10. The van der Waals surface area contributed by atoms with Crippen LogP contribution in [0.15, 0.2) is 18.5 Å². The van der Waals surface area contributed by atoms with Gasteiger partial charge in [-0.2, -0.15) is 0 Å². The van der Waals surface area contributed by atoms with Gasteiger partial charge >= 0.3 is 0 Å². The van der Waals surface area contributed by atoms with E-state index in [0.29, 0.717) is 6.04 Å². The summed E-state index contributed by atoms with van der Waals surface area (Å²) >= 11 is 0. The topological polar surface area (TPSA) is 37.8 Å². The number of rotatable bonds is 6. The number of hydrogen-bond donors (Lipinski definition) is 1. The van der Waals surface area contributed by atoms with Crippen LogP contribution in [0.25, 0.3) is 0 Å². The van der Waals surface area contributed by atoms with Crippen molar-refractivity contribution in [3.8, 4) is 0 Å². The second-order valence-electron chi connectivity index (χ2n) is 4.44. The van der Waals surface area contributed by atoms with E-state index in [1.165, 1.54) is 19.3 Å². The lowest BCUT2D eigenvalue weighted by atomic mass is 10.0. The second kappa shape index (κ2) is 6.38. The quantitative estimate of drug-likeness (QED) is 0.779. The first-order chi connectivity index (χ1) is 7.18. The molecule has 0 aliphatic rings. The molecule has 0 spiro atoms. The Bertz CT molecular complexity index is 259. The standard InChI is InChI=1S/C12H21N3/c1-10(2)6-4-7-11(3)15-12-13-8-5-9-14-12/h5,8-11H,4,6-7H2,1-3H3,(H,13,14,15). The summed E-state index contributed by atoms with van der Waals surface area (Å²) < 4.78 is 0. The summed E-state index contributed by atoms with van der Waals surface area (Å²) in [7, 11) is 0. The first-order valence-corrected chi connectivity index (χ1v) is 5.72. The lowest BCUT2D eigenvalue weighted by Gasteiger charge is -2.13. The molecule has 3 nitrogen and oxygen atoms in total. The van der Waals surface area contributed by atoms with Crippen LogP contribution in [0, 0.1) is 5.92 Å². The summed E-state index contributed by atoms with van der Waals surface area (Å²) in [5, 5.41) is 3.29. The first-order valence-electron chi connectivity index (χ1n) is 5.72. The Labute approximate surface area is 92.3 Å². The molecule has 1 aromatic heterocycles. The van der Waals surface area contributed by atoms with E-state index in [9.17, 15) is 0 Å². The van der Waals surface area contributed by atoms with Crippen molar-refractivity contribution in [1.29, 1.82) is 0 Å². The predicted molar refractivity (Wildman–Crippen MR) is 63.8 cm³/mol. The Balaban J connectivity index is 2.21. The smallest absolute Gasteiger partial charge is 0.222 e. The molecular formula is C12H21N3. The third kappa shape index (κ3) is 5.35. The zero-order chi connectivity index (χ0) is 11.1. The van der Waals surface area contributed by atoms with Crippen LogP contribution in [0.1, 0.15) is 40.0 Å². The van der Waals surface area contributed by atoms with Crippen molar-refractivity contribution < 1.29 is 0 Å². The third-order valence-electron chi connectivity index (χ3n) is 2.36. The van der Waals surface area contributed by atoms with Crippen LogP contribution in [-0.4, -0.2) is 16.0 Å². The Morgan fingerprint density at radius 3 is 2.40 bits per heavy atom. The van der Waals surface area contributed by atoms with Gasteiger partial charge in [-0.1, -0.05) is 26.7 Å². The number of hydrogen-bond acceptors (Lipinski definition) is 3. The normalized spacial score (nSPS) is 12.8. The van der Waals surface area contributed by atoms with Crippen LogP contribution >= 0.6 is 0 Å². The molecule has 0 aliphatic heterocycles. The van der Waals surface area contributed by atoms with Crippen molar-refractivity contribution in [2.75, 3.05) is 5.32 Å². The van der Waals surface area contributed by atoms with Crippen molar-refractivity contribution in [3.05, 3.63) is 18.5 Å². The molecule has 1 aromatic rings. The summed E-state index contributed by atoms with van der Waals surface area (Å²) in [4.78, 5) is 8.28. The fourth-order valence-corrected chi connectivity index (χ4v) is 1.50. The summed E-state index contributed by atoms with van der Waals surface area (Å²) in [5.41, 5.74) is 0. The highest BCUT2D eigenvalue weighted by atomic mass is 15.1. The largest absolute Gasteiger partial charge is 0.352 e. The van der Waals surface area contributed by atoms with E-state index in [1.54, 1.807) is 12.4 Å². The third-order valence-corrected chi connectivity index (χ3v) is 2.36. The average molecular weight is 207 g/mol. The van der Waals surface area contributed by atoms with E-state index in [-0.39, 0.29) is 0 Å². The molecule has 0 aliphatic carbocycles. The Morgan fingerprint density at radius 2 is 1.80 bits per heavy atom. The molecule has 0 saturated heterocycles. The van der Waals surface area contributed by atoms with Gasteiger partial charge in [0.05, 0.1) is 0 Å². The number of nitrogens with zero attached hydrogens (tertiary/aromatic N) is 2. The number of nitrogens with one attached hydrogen (secondary N) is 1. The fourth-order valence-electron chi connectivity index (χ4n) is 1.50. The zero-order valence-corrected chi connectivity index (χ0v) is 9.90.